The number of benzene rings is 1. The van der Waals surface area contributed by atoms with Crippen LogP contribution in [0.2, 0.25) is 0 Å². The molecule has 0 spiro atoms. The van der Waals surface area contributed by atoms with E-state index in [2.05, 4.69) is 0 Å². The summed E-state index contributed by atoms with van der Waals surface area (Å²) >= 11 is 0. The summed E-state index contributed by atoms with van der Waals surface area (Å²) in [5.41, 5.74) is 6.46. The first kappa shape index (κ1) is 14.5. The van der Waals surface area contributed by atoms with E-state index in [4.69, 9.17) is 15.0 Å². The summed E-state index contributed by atoms with van der Waals surface area (Å²) in [6, 6.07) is 5.00. The highest BCUT2D eigenvalue weighted by molar-refractivity contribution is 6.47. The van der Waals surface area contributed by atoms with Crippen molar-refractivity contribution >= 4 is 7.12 Å². The number of halogens is 1. The van der Waals surface area contributed by atoms with Gasteiger partial charge in [-0.2, -0.15) is 0 Å². The zero-order valence-corrected chi connectivity index (χ0v) is 12.2. The Morgan fingerprint density at radius 3 is 2.16 bits per heavy atom. The van der Waals surface area contributed by atoms with Crippen LogP contribution in [0.15, 0.2) is 18.2 Å². The van der Waals surface area contributed by atoms with Crippen LogP contribution in [0.5, 0.6) is 0 Å². The van der Waals surface area contributed by atoms with E-state index in [9.17, 15) is 4.39 Å². The van der Waals surface area contributed by atoms with E-state index in [-0.39, 0.29) is 5.82 Å². The molecule has 1 aliphatic rings. The van der Waals surface area contributed by atoms with Gasteiger partial charge in [0.25, 0.3) is 0 Å². The quantitative estimate of drug-likeness (QED) is 0.836. The number of nitrogens with two attached hydrogens (primary N) is 1. The van der Waals surface area contributed by atoms with Crippen molar-refractivity contribution < 1.29 is 13.7 Å². The molecule has 0 unspecified atom stereocenters. The van der Waals surface area contributed by atoms with Crippen LogP contribution in [0.3, 0.4) is 0 Å². The molecular formula is C14H21BFNO2. The summed E-state index contributed by atoms with van der Waals surface area (Å²) in [4.78, 5) is 0. The molecule has 1 aromatic carbocycles. The van der Waals surface area contributed by atoms with E-state index in [1.165, 1.54) is 6.07 Å². The van der Waals surface area contributed by atoms with E-state index >= 15 is 0 Å². The zero-order valence-electron chi connectivity index (χ0n) is 12.2. The second-order valence-corrected chi connectivity index (χ2v) is 6.18. The minimum absolute atomic E-state index is 0.317. The fourth-order valence-electron chi connectivity index (χ4n) is 2.08. The minimum atomic E-state index is -0.637. The van der Waals surface area contributed by atoms with Gasteiger partial charge in [0.05, 0.1) is 17.1 Å². The highest BCUT2D eigenvalue weighted by Crippen LogP contribution is 2.39. The zero-order chi connectivity index (χ0) is 14.4. The fraction of sp³-hybridized carbons (Fsp3) is 0.571. The predicted octanol–water partition coefficient (Wildman–Crippen LogP) is 2.77. The first-order chi connectivity index (χ1) is 8.64. The third-order valence-electron chi connectivity index (χ3n) is 4.08. The van der Waals surface area contributed by atoms with E-state index in [0.717, 1.165) is 5.56 Å². The molecule has 0 bridgehead atoms. The smallest absolute Gasteiger partial charge is 0.402 e. The van der Waals surface area contributed by atoms with E-state index in [1.54, 1.807) is 6.07 Å². The molecule has 1 aliphatic heterocycles. The van der Waals surface area contributed by atoms with Crippen LogP contribution >= 0.6 is 0 Å². The molecular weight excluding hydrogens is 244 g/mol. The van der Waals surface area contributed by atoms with Crippen LogP contribution in [0.1, 0.15) is 44.8 Å². The molecule has 0 radical (unpaired) electrons. The molecule has 2 rings (SSSR count). The van der Waals surface area contributed by atoms with Crippen molar-refractivity contribution in [2.24, 2.45) is 5.73 Å². The Bertz CT molecular complexity index is 474. The topological polar surface area (TPSA) is 44.5 Å². The molecule has 1 saturated heterocycles. The molecule has 19 heavy (non-hydrogen) atoms. The van der Waals surface area contributed by atoms with Gasteiger partial charge in [0, 0.05) is 5.56 Å². The number of aryl methyl sites for hydroxylation is 1. The number of hydrogen-bond acceptors (Lipinski definition) is 3. The highest BCUT2D eigenvalue weighted by Gasteiger charge is 2.53. The van der Waals surface area contributed by atoms with Gasteiger partial charge in [-0.05, 0) is 46.2 Å². The monoisotopic (exact) mass is 265 g/mol. The second kappa shape index (κ2) is 4.58. The lowest BCUT2D eigenvalue weighted by Crippen LogP contribution is -2.41. The molecule has 0 saturated carbocycles. The maximum Gasteiger partial charge on any atom is 0.480 e. The summed E-state index contributed by atoms with van der Waals surface area (Å²) in [7, 11) is -0.637. The van der Waals surface area contributed by atoms with Gasteiger partial charge in [0.15, 0.2) is 0 Å². The van der Waals surface area contributed by atoms with Gasteiger partial charge in [-0.25, -0.2) is 4.39 Å². The van der Waals surface area contributed by atoms with Crippen LogP contribution in [0.25, 0.3) is 0 Å². The third kappa shape index (κ3) is 2.55. The van der Waals surface area contributed by atoms with Crippen LogP contribution in [-0.4, -0.2) is 18.3 Å². The molecule has 2 N–H and O–H groups in total. The summed E-state index contributed by atoms with van der Waals surface area (Å²) in [6.45, 7) is 9.64. The van der Waals surface area contributed by atoms with Crippen LogP contribution in [-0.2, 0) is 9.31 Å². The fourth-order valence-corrected chi connectivity index (χ4v) is 2.08. The largest absolute Gasteiger partial charge is 0.480 e. The van der Waals surface area contributed by atoms with Crippen molar-refractivity contribution in [2.75, 3.05) is 0 Å². The van der Waals surface area contributed by atoms with Crippen molar-refractivity contribution in [1.29, 1.82) is 0 Å². The van der Waals surface area contributed by atoms with Gasteiger partial charge in [0.2, 0.25) is 0 Å². The predicted molar refractivity (Wildman–Crippen MR) is 74.1 cm³/mol. The summed E-state index contributed by atoms with van der Waals surface area (Å²) in [6.07, 6.45) is 0. The van der Waals surface area contributed by atoms with Crippen LogP contribution in [0.4, 0.5) is 4.39 Å². The first-order valence-electron chi connectivity index (χ1n) is 6.51. The Labute approximate surface area is 114 Å². The molecule has 1 heterocycles. The summed E-state index contributed by atoms with van der Waals surface area (Å²) < 4.78 is 25.7. The number of rotatable bonds is 2. The lowest BCUT2D eigenvalue weighted by Gasteiger charge is -2.32. The van der Waals surface area contributed by atoms with Crippen LogP contribution in [0, 0.1) is 12.7 Å². The van der Waals surface area contributed by atoms with Crippen molar-refractivity contribution in [3.8, 4) is 0 Å². The maximum absolute atomic E-state index is 13.9. The normalized spacial score (nSPS) is 22.6. The Morgan fingerprint density at radius 1 is 1.16 bits per heavy atom. The Balaban J connectivity index is 2.24. The van der Waals surface area contributed by atoms with Crippen molar-refractivity contribution in [1.82, 2.24) is 0 Å². The average Bonchev–Trinajstić information content (AvgIpc) is 2.47. The third-order valence-corrected chi connectivity index (χ3v) is 4.08. The molecule has 1 atom stereocenters. The molecule has 3 nitrogen and oxygen atoms in total. The Morgan fingerprint density at radius 2 is 1.68 bits per heavy atom. The van der Waals surface area contributed by atoms with Crippen molar-refractivity contribution in [2.45, 2.75) is 51.8 Å². The molecule has 1 fully saturated rings. The molecule has 0 aromatic heterocycles. The SMILES string of the molecule is Cc1ccc([C@@H](N)B2OC(C)(C)C(C)(C)O2)c(F)c1. The average molecular weight is 265 g/mol. The molecule has 5 heteroatoms. The molecule has 0 amide bonds. The van der Waals surface area contributed by atoms with Crippen LogP contribution < -0.4 is 5.73 Å². The first-order valence-corrected chi connectivity index (χ1v) is 6.51. The van der Waals surface area contributed by atoms with Gasteiger partial charge in [-0.3, -0.25) is 0 Å². The summed E-state index contributed by atoms with van der Waals surface area (Å²) in [5, 5.41) is 0. The van der Waals surface area contributed by atoms with Crippen molar-refractivity contribution in [3.63, 3.8) is 0 Å². The van der Waals surface area contributed by atoms with Gasteiger partial charge in [-0.1, -0.05) is 12.1 Å². The Kier molecular flexibility index (Phi) is 3.50. The minimum Gasteiger partial charge on any atom is -0.402 e. The van der Waals surface area contributed by atoms with Gasteiger partial charge < -0.3 is 15.0 Å². The van der Waals surface area contributed by atoms with Gasteiger partial charge in [0.1, 0.15) is 5.82 Å². The van der Waals surface area contributed by atoms with E-state index in [1.807, 2.05) is 40.7 Å². The van der Waals surface area contributed by atoms with Gasteiger partial charge in [-0.15, -0.1) is 0 Å². The lowest BCUT2D eigenvalue weighted by molar-refractivity contribution is 0.00578. The molecule has 0 aliphatic carbocycles. The Hall–Kier alpha value is -0.905. The van der Waals surface area contributed by atoms with E-state index in [0.29, 0.717) is 5.56 Å². The second-order valence-electron chi connectivity index (χ2n) is 6.18. The maximum atomic E-state index is 13.9. The molecule has 104 valence electrons. The lowest BCUT2D eigenvalue weighted by atomic mass is 9.74. The highest BCUT2D eigenvalue weighted by atomic mass is 19.1. The summed E-state index contributed by atoms with van der Waals surface area (Å²) in [5.74, 6) is -0.955. The molecule has 1 aromatic rings. The number of hydrogen-bond donors (Lipinski definition) is 1. The van der Waals surface area contributed by atoms with Gasteiger partial charge >= 0.3 is 7.12 Å². The van der Waals surface area contributed by atoms with Crippen molar-refractivity contribution in [3.05, 3.63) is 35.1 Å². The van der Waals surface area contributed by atoms with E-state index < -0.39 is 24.3 Å². The standard InChI is InChI=1S/C14H21BFNO2/c1-9-6-7-10(11(16)8-9)12(17)15-18-13(2,3)14(4,5)19-15/h6-8,12H,17H2,1-5H3/t12-/m1/s1.